The molecule has 1 heterocycles. The lowest BCUT2D eigenvalue weighted by molar-refractivity contribution is -0.147. The van der Waals surface area contributed by atoms with Crippen LogP contribution in [0.2, 0.25) is 0 Å². The fourth-order valence-corrected chi connectivity index (χ4v) is 2.43. The van der Waals surface area contributed by atoms with Gasteiger partial charge in [0.1, 0.15) is 0 Å². The van der Waals surface area contributed by atoms with Crippen LogP contribution in [0.1, 0.15) is 24.0 Å². The Balaban J connectivity index is 2.17. The minimum Gasteiger partial charge on any atom is -0.466 e. The van der Waals surface area contributed by atoms with Gasteiger partial charge >= 0.3 is 5.97 Å². The molecule has 1 aromatic carbocycles. The molecular formula is C14H19NO2. The number of carbonyl (C=O) groups is 1. The summed E-state index contributed by atoms with van der Waals surface area (Å²) in [6, 6.07) is 8.37. The molecule has 0 unspecified atom stereocenters. The van der Waals surface area contributed by atoms with Gasteiger partial charge in [-0.25, -0.2) is 0 Å². The van der Waals surface area contributed by atoms with Crippen molar-refractivity contribution in [2.75, 3.05) is 19.7 Å². The van der Waals surface area contributed by atoms with Crippen molar-refractivity contribution in [2.45, 2.75) is 19.8 Å². The normalized spacial score (nSPS) is 23.6. The van der Waals surface area contributed by atoms with Gasteiger partial charge in [0.2, 0.25) is 0 Å². The smallest absolute Gasteiger partial charge is 0.310 e. The molecule has 0 saturated carbocycles. The summed E-state index contributed by atoms with van der Waals surface area (Å²) in [5.74, 6) is 0.120. The summed E-state index contributed by atoms with van der Waals surface area (Å²) < 4.78 is 5.13. The van der Waals surface area contributed by atoms with E-state index in [1.807, 2.05) is 13.0 Å². The maximum absolute atomic E-state index is 11.9. The highest BCUT2D eigenvalue weighted by molar-refractivity contribution is 5.74. The molecule has 0 spiro atoms. The minimum atomic E-state index is -0.0796. The SMILES string of the molecule is CCOC(=O)[C@@H]1CNC[C@H]1c1cccc(C)c1. The number of nitrogens with one attached hydrogen (secondary N) is 1. The van der Waals surface area contributed by atoms with Crippen LogP contribution in [0.25, 0.3) is 0 Å². The number of rotatable bonds is 3. The third-order valence-corrected chi connectivity index (χ3v) is 3.27. The van der Waals surface area contributed by atoms with Gasteiger partial charge in [0.25, 0.3) is 0 Å². The number of carbonyl (C=O) groups excluding carboxylic acids is 1. The van der Waals surface area contributed by atoms with Crippen LogP contribution >= 0.6 is 0 Å². The Morgan fingerprint density at radius 2 is 2.29 bits per heavy atom. The molecule has 17 heavy (non-hydrogen) atoms. The van der Waals surface area contributed by atoms with E-state index in [2.05, 4.69) is 30.4 Å². The molecular weight excluding hydrogens is 214 g/mol. The van der Waals surface area contributed by atoms with E-state index in [4.69, 9.17) is 4.74 Å². The van der Waals surface area contributed by atoms with Crippen LogP contribution in [0, 0.1) is 12.8 Å². The molecule has 1 fully saturated rings. The average molecular weight is 233 g/mol. The van der Waals surface area contributed by atoms with Crippen molar-refractivity contribution in [3.63, 3.8) is 0 Å². The monoisotopic (exact) mass is 233 g/mol. The Hall–Kier alpha value is -1.35. The molecule has 0 aromatic heterocycles. The maximum Gasteiger partial charge on any atom is 0.310 e. The predicted molar refractivity (Wildman–Crippen MR) is 66.9 cm³/mol. The topological polar surface area (TPSA) is 38.3 Å². The number of hydrogen-bond acceptors (Lipinski definition) is 3. The second kappa shape index (κ2) is 5.32. The second-order valence-corrected chi connectivity index (χ2v) is 4.54. The number of benzene rings is 1. The number of ether oxygens (including phenoxy) is 1. The van der Waals surface area contributed by atoms with Gasteiger partial charge in [-0.3, -0.25) is 4.79 Å². The zero-order valence-corrected chi connectivity index (χ0v) is 10.4. The molecule has 2 atom stereocenters. The van der Waals surface area contributed by atoms with E-state index in [1.165, 1.54) is 11.1 Å². The van der Waals surface area contributed by atoms with Gasteiger partial charge in [-0.05, 0) is 19.4 Å². The van der Waals surface area contributed by atoms with Crippen LogP contribution in [0.15, 0.2) is 24.3 Å². The van der Waals surface area contributed by atoms with Crippen molar-refractivity contribution in [3.05, 3.63) is 35.4 Å². The van der Waals surface area contributed by atoms with E-state index in [0.29, 0.717) is 6.61 Å². The predicted octanol–water partition coefficient (Wildman–Crippen LogP) is 1.86. The summed E-state index contributed by atoms with van der Waals surface area (Å²) in [6.07, 6.45) is 0. The zero-order valence-electron chi connectivity index (χ0n) is 10.4. The fourth-order valence-electron chi connectivity index (χ4n) is 2.43. The number of hydrogen-bond donors (Lipinski definition) is 1. The van der Waals surface area contributed by atoms with Crippen molar-refractivity contribution in [1.82, 2.24) is 5.32 Å². The molecule has 3 heteroatoms. The first kappa shape index (κ1) is 12.1. The molecule has 1 aliphatic heterocycles. The van der Waals surface area contributed by atoms with Crippen molar-refractivity contribution in [1.29, 1.82) is 0 Å². The van der Waals surface area contributed by atoms with E-state index < -0.39 is 0 Å². The lowest BCUT2D eigenvalue weighted by Gasteiger charge is -2.17. The summed E-state index contributed by atoms with van der Waals surface area (Å²) in [6.45, 7) is 5.95. The molecule has 92 valence electrons. The summed E-state index contributed by atoms with van der Waals surface area (Å²) in [5.41, 5.74) is 2.46. The van der Waals surface area contributed by atoms with Crippen molar-refractivity contribution < 1.29 is 9.53 Å². The van der Waals surface area contributed by atoms with Gasteiger partial charge in [0.05, 0.1) is 12.5 Å². The molecule has 0 radical (unpaired) electrons. The lowest BCUT2D eigenvalue weighted by atomic mass is 9.88. The van der Waals surface area contributed by atoms with Gasteiger partial charge in [-0.2, -0.15) is 0 Å². The first-order valence-corrected chi connectivity index (χ1v) is 6.16. The first-order chi connectivity index (χ1) is 8.22. The third-order valence-electron chi connectivity index (χ3n) is 3.27. The first-order valence-electron chi connectivity index (χ1n) is 6.16. The fraction of sp³-hybridized carbons (Fsp3) is 0.500. The van der Waals surface area contributed by atoms with Gasteiger partial charge in [-0.15, -0.1) is 0 Å². The van der Waals surface area contributed by atoms with E-state index in [0.717, 1.165) is 13.1 Å². The van der Waals surface area contributed by atoms with Crippen LogP contribution in [-0.2, 0) is 9.53 Å². The highest BCUT2D eigenvalue weighted by Gasteiger charge is 2.34. The van der Waals surface area contributed by atoms with Crippen LogP contribution < -0.4 is 5.32 Å². The van der Waals surface area contributed by atoms with E-state index in [9.17, 15) is 4.79 Å². The van der Waals surface area contributed by atoms with Crippen molar-refractivity contribution in [3.8, 4) is 0 Å². The Morgan fingerprint density at radius 1 is 1.47 bits per heavy atom. The second-order valence-electron chi connectivity index (χ2n) is 4.54. The Labute approximate surface area is 102 Å². The quantitative estimate of drug-likeness (QED) is 0.810. The molecule has 0 bridgehead atoms. The third kappa shape index (κ3) is 2.67. The standard InChI is InChI=1S/C14H19NO2/c1-3-17-14(16)13-9-15-8-12(13)11-6-4-5-10(2)7-11/h4-7,12-13,15H,3,8-9H2,1-2H3/t12-,13+/m0/s1. The largest absolute Gasteiger partial charge is 0.466 e. The van der Waals surface area contributed by atoms with Crippen LogP contribution in [0.5, 0.6) is 0 Å². The van der Waals surface area contributed by atoms with E-state index in [1.54, 1.807) is 0 Å². The highest BCUT2D eigenvalue weighted by atomic mass is 16.5. The summed E-state index contributed by atoms with van der Waals surface area (Å²) >= 11 is 0. The summed E-state index contributed by atoms with van der Waals surface area (Å²) in [7, 11) is 0. The average Bonchev–Trinajstić information content (AvgIpc) is 2.78. The van der Waals surface area contributed by atoms with Crippen LogP contribution in [0.3, 0.4) is 0 Å². The number of esters is 1. The van der Waals surface area contributed by atoms with Gasteiger partial charge in [0.15, 0.2) is 0 Å². The molecule has 1 aliphatic rings. The van der Waals surface area contributed by atoms with Crippen LogP contribution in [-0.4, -0.2) is 25.7 Å². The van der Waals surface area contributed by atoms with E-state index >= 15 is 0 Å². The Morgan fingerprint density at radius 3 is 3.00 bits per heavy atom. The van der Waals surface area contributed by atoms with Crippen LogP contribution in [0.4, 0.5) is 0 Å². The molecule has 0 amide bonds. The summed E-state index contributed by atoms with van der Waals surface area (Å²) in [4.78, 5) is 11.9. The van der Waals surface area contributed by atoms with Crippen molar-refractivity contribution >= 4 is 5.97 Å². The van der Waals surface area contributed by atoms with Gasteiger partial charge in [-0.1, -0.05) is 29.8 Å². The molecule has 0 aliphatic carbocycles. The van der Waals surface area contributed by atoms with Gasteiger partial charge < -0.3 is 10.1 Å². The Kier molecular flexibility index (Phi) is 3.79. The van der Waals surface area contributed by atoms with Gasteiger partial charge in [0, 0.05) is 19.0 Å². The zero-order chi connectivity index (χ0) is 12.3. The van der Waals surface area contributed by atoms with E-state index in [-0.39, 0.29) is 17.8 Å². The highest BCUT2D eigenvalue weighted by Crippen LogP contribution is 2.29. The Bertz CT molecular complexity index is 403. The van der Waals surface area contributed by atoms with Crippen molar-refractivity contribution in [2.24, 2.45) is 5.92 Å². The molecule has 3 nitrogen and oxygen atoms in total. The lowest BCUT2D eigenvalue weighted by Crippen LogP contribution is -2.24. The summed E-state index contributed by atoms with van der Waals surface area (Å²) in [5, 5.41) is 3.28. The molecule has 1 saturated heterocycles. The molecule has 1 N–H and O–H groups in total. The number of aryl methyl sites for hydroxylation is 1. The minimum absolute atomic E-state index is 0.0447. The molecule has 1 aromatic rings. The molecule has 2 rings (SSSR count). The maximum atomic E-state index is 11.9.